The molecule has 19 heavy (non-hydrogen) atoms. The summed E-state index contributed by atoms with van der Waals surface area (Å²) in [4.78, 5) is 3.96. The average Bonchev–Trinajstić information content (AvgIpc) is 2.86. The zero-order chi connectivity index (χ0) is 13.2. The molecule has 0 radical (unpaired) electrons. The van der Waals surface area contributed by atoms with Gasteiger partial charge in [0.05, 0.1) is 6.10 Å². The highest BCUT2D eigenvalue weighted by molar-refractivity contribution is 5.62. The molecule has 2 heterocycles. The lowest BCUT2D eigenvalue weighted by molar-refractivity contribution is 0.179. The first-order valence-electron chi connectivity index (χ1n) is 6.48. The van der Waals surface area contributed by atoms with Crippen molar-refractivity contribution in [2.75, 3.05) is 17.6 Å². The van der Waals surface area contributed by atoms with Gasteiger partial charge in [-0.1, -0.05) is 18.2 Å². The molecule has 98 valence electrons. The molecule has 0 saturated carbocycles. The summed E-state index contributed by atoms with van der Waals surface area (Å²) >= 11 is 0. The summed E-state index contributed by atoms with van der Waals surface area (Å²) in [5.41, 5.74) is 9.99. The fourth-order valence-corrected chi connectivity index (χ4v) is 2.60. The predicted molar refractivity (Wildman–Crippen MR) is 75.9 cm³/mol. The second-order valence-electron chi connectivity index (χ2n) is 4.87. The standard InChI is InChI=1S/C15H17N3O/c16-14-9-10(4-6-17-14)8-13(19)12-3-1-2-11-5-7-18-15(11)12/h1-4,6,9,13,18-19H,5,7-8H2,(H2,16,17). The second-order valence-corrected chi connectivity index (χ2v) is 4.87. The number of hydrogen-bond donors (Lipinski definition) is 3. The number of aromatic nitrogens is 1. The summed E-state index contributed by atoms with van der Waals surface area (Å²) in [6.07, 6.45) is 2.72. The molecule has 0 fully saturated rings. The van der Waals surface area contributed by atoms with E-state index in [1.165, 1.54) is 5.56 Å². The highest BCUT2D eigenvalue weighted by Gasteiger charge is 2.19. The van der Waals surface area contributed by atoms with Gasteiger partial charge in [0.2, 0.25) is 0 Å². The second kappa shape index (κ2) is 4.90. The van der Waals surface area contributed by atoms with Crippen molar-refractivity contribution in [2.45, 2.75) is 18.9 Å². The molecule has 4 N–H and O–H groups in total. The fraction of sp³-hybridized carbons (Fsp3) is 0.267. The number of anilines is 2. The average molecular weight is 255 g/mol. The topological polar surface area (TPSA) is 71.2 Å². The maximum absolute atomic E-state index is 10.4. The minimum atomic E-state index is -0.526. The molecule has 2 aromatic rings. The molecule has 1 aromatic carbocycles. The lowest BCUT2D eigenvalue weighted by atomic mass is 9.98. The molecule has 1 unspecified atom stereocenters. The van der Waals surface area contributed by atoms with Crippen LogP contribution < -0.4 is 11.1 Å². The number of para-hydroxylation sites is 1. The molecule has 1 aliphatic rings. The molecule has 1 atom stereocenters. The molecule has 0 bridgehead atoms. The molecule has 3 rings (SSSR count). The van der Waals surface area contributed by atoms with Crippen LogP contribution in [0.15, 0.2) is 36.5 Å². The number of rotatable bonds is 3. The monoisotopic (exact) mass is 255 g/mol. The third-order valence-corrected chi connectivity index (χ3v) is 3.51. The van der Waals surface area contributed by atoms with Crippen LogP contribution in [-0.2, 0) is 12.8 Å². The summed E-state index contributed by atoms with van der Waals surface area (Å²) in [6, 6.07) is 9.78. The molecular formula is C15H17N3O. The number of nitrogens with one attached hydrogen (secondary N) is 1. The van der Waals surface area contributed by atoms with Crippen molar-refractivity contribution in [3.63, 3.8) is 0 Å². The van der Waals surface area contributed by atoms with Crippen LogP contribution in [0, 0.1) is 0 Å². The number of fused-ring (bicyclic) bond motifs is 1. The third kappa shape index (κ3) is 2.39. The van der Waals surface area contributed by atoms with Gasteiger partial charge in [-0.3, -0.25) is 0 Å². The van der Waals surface area contributed by atoms with Crippen molar-refractivity contribution in [3.05, 3.63) is 53.2 Å². The number of nitrogens with two attached hydrogens (primary N) is 1. The van der Waals surface area contributed by atoms with E-state index in [-0.39, 0.29) is 0 Å². The normalized spacial score (nSPS) is 14.8. The maximum atomic E-state index is 10.4. The minimum Gasteiger partial charge on any atom is -0.388 e. The van der Waals surface area contributed by atoms with Crippen molar-refractivity contribution in [3.8, 4) is 0 Å². The zero-order valence-electron chi connectivity index (χ0n) is 10.6. The number of hydrogen-bond acceptors (Lipinski definition) is 4. The molecule has 0 spiro atoms. The molecule has 0 saturated heterocycles. The van der Waals surface area contributed by atoms with Gasteiger partial charge in [-0.15, -0.1) is 0 Å². The van der Waals surface area contributed by atoms with Crippen molar-refractivity contribution in [1.82, 2.24) is 4.98 Å². The van der Waals surface area contributed by atoms with E-state index in [2.05, 4.69) is 16.4 Å². The highest BCUT2D eigenvalue weighted by atomic mass is 16.3. The van der Waals surface area contributed by atoms with Crippen LogP contribution in [0.3, 0.4) is 0 Å². The van der Waals surface area contributed by atoms with Crippen LogP contribution in [0.25, 0.3) is 0 Å². The molecule has 0 amide bonds. The summed E-state index contributed by atoms with van der Waals surface area (Å²) in [5.74, 6) is 0.487. The number of pyridine rings is 1. The summed E-state index contributed by atoms with van der Waals surface area (Å²) < 4.78 is 0. The number of benzene rings is 1. The van der Waals surface area contributed by atoms with E-state index in [1.807, 2.05) is 18.2 Å². The van der Waals surface area contributed by atoms with Gasteiger partial charge in [0.15, 0.2) is 0 Å². The number of nitrogen functional groups attached to an aromatic ring is 1. The van der Waals surface area contributed by atoms with E-state index in [1.54, 1.807) is 12.3 Å². The zero-order valence-corrected chi connectivity index (χ0v) is 10.6. The molecule has 1 aliphatic heterocycles. The Morgan fingerprint density at radius 2 is 2.26 bits per heavy atom. The fourth-order valence-electron chi connectivity index (χ4n) is 2.60. The minimum absolute atomic E-state index is 0.487. The van der Waals surface area contributed by atoms with Crippen LogP contribution in [0.1, 0.15) is 22.8 Å². The van der Waals surface area contributed by atoms with Crippen LogP contribution in [-0.4, -0.2) is 16.6 Å². The summed E-state index contributed by atoms with van der Waals surface area (Å²) in [5, 5.41) is 13.8. The Labute approximate surface area is 112 Å². The number of aliphatic hydroxyl groups is 1. The van der Waals surface area contributed by atoms with E-state index < -0.39 is 6.10 Å². The van der Waals surface area contributed by atoms with Gasteiger partial charge in [0, 0.05) is 30.4 Å². The molecular weight excluding hydrogens is 238 g/mol. The van der Waals surface area contributed by atoms with Crippen molar-refractivity contribution >= 4 is 11.5 Å². The van der Waals surface area contributed by atoms with Gasteiger partial charge in [0.1, 0.15) is 5.82 Å². The van der Waals surface area contributed by atoms with Gasteiger partial charge in [-0.2, -0.15) is 0 Å². The first-order chi connectivity index (χ1) is 9.24. The molecule has 4 nitrogen and oxygen atoms in total. The van der Waals surface area contributed by atoms with Gasteiger partial charge in [-0.25, -0.2) is 4.98 Å². The molecule has 4 heteroatoms. The first kappa shape index (κ1) is 12.0. The summed E-state index contributed by atoms with van der Waals surface area (Å²) in [6.45, 7) is 0.946. The number of aliphatic hydroxyl groups excluding tert-OH is 1. The van der Waals surface area contributed by atoms with Crippen LogP contribution in [0.2, 0.25) is 0 Å². The van der Waals surface area contributed by atoms with Gasteiger partial charge in [-0.05, 0) is 29.7 Å². The molecule has 0 aliphatic carbocycles. The van der Waals surface area contributed by atoms with Crippen molar-refractivity contribution in [2.24, 2.45) is 0 Å². The SMILES string of the molecule is Nc1cc(CC(O)c2cccc3c2NCC3)ccn1. The van der Waals surface area contributed by atoms with E-state index in [4.69, 9.17) is 5.73 Å². The Hall–Kier alpha value is -2.07. The van der Waals surface area contributed by atoms with E-state index in [9.17, 15) is 5.11 Å². The van der Waals surface area contributed by atoms with Gasteiger partial charge in [0.25, 0.3) is 0 Å². The van der Waals surface area contributed by atoms with E-state index in [0.29, 0.717) is 12.2 Å². The quantitative estimate of drug-likeness (QED) is 0.783. The van der Waals surface area contributed by atoms with Gasteiger partial charge >= 0.3 is 0 Å². The van der Waals surface area contributed by atoms with Crippen LogP contribution in [0.4, 0.5) is 11.5 Å². The lowest BCUT2D eigenvalue weighted by Gasteiger charge is -2.15. The Morgan fingerprint density at radius 3 is 3.11 bits per heavy atom. The van der Waals surface area contributed by atoms with Crippen molar-refractivity contribution < 1.29 is 5.11 Å². The third-order valence-electron chi connectivity index (χ3n) is 3.51. The van der Waals surface area contributed by atoms with Crippen molar-refractivity contribution in [1.29, 1.82) is 0 Å². The first-order valence-corrected chi connectivity index (χ1v) is 6.48. The number of nitrogens with zero attached hydrogens (tertiary/aromatic N) is 1. The Kier molecular flexibility index (Phi) is 3.09. The Morgan fingerprint density at radius 1 is 1.37 bits per heavy atom. The lowest BCUT2D eigenvalue weighted by Crippen LogP contribution is -2.06. The Balaban J connectivity index is 1.85. The van der Waals surface area contributed by atoms with E-state index >= 15 is 0 Å². The largest absolute Gasteiger partial charge is 0.388 e. The highest BCUT2D eigenvalue weighted by Crippen LogP contribution is 2.32. The smallest absolute Gasteiger partial charge is 0.123 e. The van der Waals surface area contributed by atoms with Crippen LogP contribution >= 0.6 is 0 Å². The van der Waals surface area contributed by atoms with Gasteiger partial charge < -0.3 is 16.2 Å². The molecule has 1 aromatic heterocycles. The maximum Gasteiger partial charge on any atom is 0.123 e. The summed E-state index contributed by atoms with van der Waals surface area (Å²) in [7, 11) is 0. The predicted octanol–water partition coefficient (Wildman–Crippen LogP) is 1.91. The van der Waals surface area contributed by atoms with Crippen LogP contribution in [0.5, 0.6) is 0 Å². The van der Waals surface area contributed by atoms with E-state index in [0.717, 1.165) is 29.8 Å². The Bertz CT molecular complexity index is 598.